The van der Waals surface area contributed by atoms with Crippen LogP contribution in [0.25, 0.3) is 0 Å². The van der Waals surface area contributed by atoms with Gasteiger partial charge in [0.05, 0.1) is 5.75 Å². The molecule has 2 rings (SSSR count). The molecular weight excluding hydrogens is 332 g/mol. The number of hydrogen-bond donors (Lipinski definition) is 1. The Morgan fingerprint density at radius 2 is 1.65 bits per heavy atom. The molecule has 1 N–H and O–H groups in total. The average molecular weight is 353 g/mol. The second-order valence-corrected chi connectivity index (χ2v) is 7.81. The fourth-order valence-electron chi connectivity index (χ4n) is 2.37. The number of nitrogens with zero attached hydrogens (tertiary/aromatic N) is 1. The number of likely N-dealkylation sites (N-methyl/N-ethyl adjacent to an activating group) is 1. The zero-order chi connectivity index (χ0) is 16.9. The van der Waals surface area contributed by atoms with Crippen LogP contribution in [-0.4, -0.2) is 34.0 Å². The highest BCUT2D eigenvalue weighted by atomic mass is 35.5. The van der Waals surface area contributed by atoms with Crippen molar-refractivity contribution in [2.45, 2.75) is 11.8 Å². The summed E-state index contributed by atoms with van der Waals surface area (Å²) in [4.78, 5) is 1.95. The molecule has 6 heteroatoms. The summed E-state index contributed by atoms with van der Waals surface area (Å²) in [6.45, 7) is 0.270. The van der Waals surface area contributed by atoms with Crippen molar-refractivity contribution in [1.82, 2.24) is 9.62 Å². The van der Waals surface area contributed by atoms with E-state index in [-0.39, 0.29) is 18.3 Å². The summed E-state index contributed by atoms with van der Waals surface area (Å²) in [7, 11) is 0.401. The van der Waals surface area contributed by atoms with Gasteiger partial charge < -0.3 is 4.90 Å². The molecule has 0 amide bonds. The molecule has 0 aliphatic rings. The van der Waals surface area contributed by atoms with Crippen molar-refractivity contribution in [2.75, 3.05) is 20.6 Å². The van der Waals surface area contributed by atoms with Gasteiger partial charge in [-0.15, -0.1) is 0 Å². The Bertz CT molecular complexity index is 733. The SMILES string of the molecule is CN(C)C(CNS(=O)(=O)Cc1ccccc1)c1ccccc1Cl. The molecule has 2 aromatic carbocycles. The van der Waals surface area contributed by atoms with Crippen LogP contribution >= 0.6 is 11.6 Å². The standard InChI is InChI=1S/C17H21ClN2O2S/c1-20(2)17(15-10-6-7-11-16(15)18)12-19-23(21,22)13-14-8-4-3-5-9-14/h3-11,17,19H,12-13H2,1-2H3. The molecule has 1 unspecified atom stereocenters. The molecule has 0 saturated carbocycles. The Morgan fingerprint density at radius 3 is 2.26 bits per heavy atom. The van der Waals surface area contributed by atoms with Crippen LogP contribution < -0.4 is 4.72 Å². The lowest BCUT2D eigenvalue weighted by Gasteiger charge is -2.26. The lowest BCUT2D eigenvalue weighted by Crippen LogP contribution is -2.35. The largest absolute Gasteiger partial charge is 0.301 e. The fourth-order valence-corrected chi connectivity index (χ4v) is 3.77. The molecule has 0 spiro atoms. The number of benzene rings is 2. The van der Waals surface area contributed by atoms with Crippen LogP contribution in [0.3, 0.4) is 0 Å². The smallest absolute Gasteiger partial charge is 0.215 e. The maximum absolute atomic E-state index is 12.3. The third-order valence-electron chi connectivity index (χ3n) is 3.58. The highest BCUT2D eigenvalue weighted by molar-refractivity contribution is 7.88. The normalized spacial score (nSPS) is 13.2. The van der Waals surface area contributed by atoms with E-state index in [1.54, 1.807) is 12.1 Å². The van der Waals surface area contributed by atoms with Gasteiger partial charge in [0.1, 0.15) is 0 Å². The number of hydrogen-bond acceptors (Lipinski definition) is 3. The molecular formula is C17H21ClN2O2S. The number of rotatable bonds is 7. The van der Waals surface area contributed by atoms with E-state index in [4.69, 9.17) is 11.6 Å². The van der Waals surface area contributed by atoms with Crippen molar-refractivity contribution in [3.63, 3.8) is 0 Å². The zero-order valence-electron chi connectivity index (χ0n) is 13.2. The number of nitrogens with one attached hydrogen (secondary N) is 1. The summed E-state index contributed by atoms with van der Waals surface area (Å²) < 4.78 is 27.2. The fraction of sp³-hybridized carbons (Fsp3) is 0.294. The molecule has 1 atom stereocenters. The summed E-state index contributed by atoms with van der Waals surface area (Å²) in [6, 6.07) is 16.5. The van der Waals surface area contributed by atoms with Crippen LogP contribution in [0.1, 0.15) is 17.2 Å². The van der Waals surface area contributed by atoms with Gasteiger partial charge in [0.2, 0.25) is 10.0 Å². The Balaban J connectivity index is 2.08. The van der Waals surface area contributed by atoms with E-state index in [9.17, 15) is 8.42 Å². The van der Waals surface area contributed by atoms with E-state index in [0.29, 0.717) is 5.02 Å². The van der Waals surface area contributed by atoms with E-state index in [2.05, 4.69) is 4.72 Å². The molecule has 0 aliphatic carbocycles. The second-order valence-electron chi connectivity index (χ2n) is 5.59. The van der Waals surface area contributed by atoms with E-state index in [0.717, 1.165) is 11.1 Å². The van der Waals surface area contributed by atoms with Crippen LogP contribution in [0.2, 0.25) is 5.02 Å². The first-order chi connectivity index (χ1) is 10.9. The van der Waals surface area contributed by atoms with E-state index < -0.39 is 10.0 Å². The van der Waals surface area contributed by atoms with Crippen molar-refractivity contribution in [2.24, 2.45) is 0 Å². The van der Waals surface area contributed by atoms with Gasteiger partial charge >= 0.3 is 0 Å². The van der Waals surface area contributed by atoms with Gasteiger partial charge in [0.15, 0.2) is 0 Å². The monoisotopic (exact) mass is 352 g/mol. The summed E-state index contributed by atoms with van der Waals surface area (Å²) in [5, 5.41) is 0.633. The molecule has 0 radical (unpaired) electrons. The van der Waals surface area contributed by atoms with Crippen LogP contribution in [0.4, 0.5) is 0 Å². The molecule has 0 bridgehead atoms. The maximum Gasteiger partial charge on any atom is 0.215 e. The highest BCUT2D eigenvalue weighted by Gasteiger charge is 2.20. The van der Waals surface area contributed by atoms with Gasteiger partial charge in [-0.2, -0.15) is 0 Å². The molecule has 23 heavy (non-hydrogen) atoms. The van der Waals surface area contributed by atoms with Crippen molar-refractivity contribution in [3.8, 4) is 0 Å². The number of sulfonamides is 1. The lowest BCUT2D eigenvalue weighted by atomic mass is 10.1. The summed E-state index contributed by atoms with van der Waals surface area (Å²) in [5.74, 6) is -0.0312. The van der Waals surface area contributed by atoms with Gasteiger partial charge in [-0.25, -0.2) is 13.1 Å². The van der Waals surface area contributed by atoms with E-state index in [1.165, 1.54) is 0 Å². The molecule has 2 aromatic rings. The Hall–Kier alpha value is -1.40. The van der Waals surface area contributed by atoms with Gasteiger partial charge in [-0.1, -0.05) is 60.1 Å². The van der Waals surface area contributed by atoms with Crippen molar-refractivity contribution < 1.29 is 8.42 Å². The summed E-state index contributed by atoms with van der Waals surface area (Å²) in [5.41, 5.74) is 1.67. The van der Waals surface area contributed by atoms with Gasteiger partial charge in [-0.3, -0.25) is 0 Å². The first-order valence-electron chi connectivity index (χ1n) is 7.31. The summed E-state index contributed by atoms with van der Waals surface area (Å²) >= 11 is 6.24. The van der Waals surface area contributed by atoms with Crippen molar-refractivity contribution in [3.05, 3.63) is 70.7 Å². The minimum Gasteiger partial charge on any atom is -0.301 e. The predicted octanol–water partition coefficient (Wildman–Crippen LogP) is 3.06. The number of halogens is 1. The van der Waals surface area contributed by atoms with Crippen LogP contribution in [0.15, 0.2) is 54.6 Å². The molecule has 0 fully saturated rings. The molecule has 0 aliphatic heterocycles. The van der Waals surface area contributed by atoms with Crippen molar-refractivity contribution >= 4 is 21.6 Å². The Morgan fingerprint density at radius 1 is 1.04 bits per heavy atom. The average Bonchev–Trinajstić information content (AvgIpc) is 2.49. The highest BCUT2D eigenvalue weighted by Crippen LogP contribution is 2.25. The third-order valence-corrected chi connectivity index (χ3v) is 5.25. The van der Waals surface area contributed by atoms with Crippen LogP contribution in [0.5, 0.6) is 0 Å². The van der Waals surface area contributed by atoms with Crippen molar-refractivity contribution in [1.29, 1.82) is 0 Å². The zero-order valence-corrected chi connectivity index (χ0v) is 14.8. The van der Waals surface area contributed by atoms with Crippen LogP contribution in [-0.2, 0) is 15.8 Å². The topological polar surface area (TPSA) is 49.4 Å². The van der Waals surface area contributed by atoms with E-state index in [1.807, 2.05) is 61.5 Å². The summed E-state index contributed by atoms with van der Waals surface area (Å²) in [6.07, 6.45) is 0. The Kier molecular flexibility index (Phi) is 6.18. The first kappa shape index (κ1) is 17.9. The third kappa shape index (κ3) is 5.32. The van der Waals surface area contributed by atoms with Crippen LogP contribution in [0, 0.1) is 0 Å². The van der Waals surface area contributed by atoms with Gasteiger partial charge in [0.25, 0.3) is 0 Å². The molecule has 0 aromatic heterocycles. The molecule has 4 nitrogen and oxygen atoms in total. The lowest BCUT2D eigenvalue weighted by molar-refractivity contribution is 0.299. The van der Waals surface area contributed by atoms with E-state index >= 15 is 0 Å². The molecule has 0 saturated heterocycles. The van der Waals surface area contributed by atoms with Gasteiger partial charge in [0, 0.05) is 17.6 Å². The minimum atomic E-state index is -3.40. The second kappa shape index (κ2) is 7.93. The molecule has 124 valence electrons. The molecule has 0 heterocycles. The predicted molar refractivity (Wildman–Crippen MR) is 94.9 cm³/mol. The quantitative estimate of drug-likeness (QED) is 0.833. The first-order valence-corrected chi connectivity index (χ1v) is 9.34. The maximum atomic E-state index is 12.3. The Labute approximate surface area is 143 Å². The minimum absolute atomic E-state index is 0.0312. The van der Waals surface area contributed by atoms with Gasteiger partial charge in [-0.05, 0) is 31.3 Å².